The van der Waals surface area contributed by atoms with Crippen LogP contribution in [0.25, 0.3) is 0 Å². The molecule has 1 saturated heterocycles. The highest BCUT2D eigenvalue weighted by Crippen LogP contribution is 2.26. The number of likely N-dealkylation sites (tertiary alicyclic amines) is 1. The van der Waals surface area contributed by atoms with Crippen LogP contribution in [0, 0.1) is 18.8 Å². The standard InChI is InChI=1S/C24H27ClNO/c1-2-24(27-23-15-13-22(25)14-16-23)21-11-9-20(10-12-21)8-4-7-19-26-17-5-3-6-18-26/h9-16,24H,1-3,5-7,17-19H2. The minimum absolute atomic E-state index is 0.0766. The number of nitrogens with zero attached hydrogens (tertiary/aromatic N) is 1. The van der Waals surface area contributed by atoms with Gasteiger partial charge in [0.25, 0.3) is 0 Å². The van der Waals surface area contributed by atoms with Crippen molar-refractivity contribution in [2.45, 2.75) is 38.2 Å². The highest BCUT2D eigenvalue weighted by Gasteiger charge is 2.11. The summed E-state index contributed by atoms with van der Waals surface area (Å²) in [5.74, 6) is 7.39. The number of piperidine rings is 1. The molecule has 0 saturated carbocycles. The molecule has 0 N–H and O–H groups in total. The van der Waals surface area contributed by atoms with E-state index in [1.807, 2.05) is 24.3 Å². The lowest BCUT2D eigenvalue weighted by Gasteiger charge is -2.25. The van der Waals surface area contributed by atoms with Crippen molar-refractivity contribution in [1.82, 2.24) is 4.90 Å². The van der Waals surface area contributed by atoms with Crippen molar-refractivity contribution < 1.29 is 4.74 Å². The largest absolute Gasteiger partial charge is 0.486 e. The Morgan fingerprint density at radius 2 is 1.70 bits per heavy atom. The third-order valence-electron chi connectivity index (χ3n) is 4.87. The molecule has 1 fully saturated rings. The van der Waals surface area contributed by atoms with Gasteiger partial charge in [0.05, 0.1) is 0 Å². The summed E-state index contributed by atoms with van der Waals surface area (Å²) in [5.41, 5.74) is 2.16. The van der Waals surface area contributed by atoms with Gasteiger partial charge < -0.3 is 9.64 Å². The maximum atomic E-state index is 6.05. The van der Waals surface area contributed by atoms with Crippen molar-refractivity contribution >= 4 is 11.6 Å². The lowest BCUT2D eigenvalue weighted by Crippen LogP contribution is -2.30. The number of rotatable bonds is 6. The van der Waals surface area contributed by atoms with Gasteiger partial charge in [-0.05, 0) is 81.2 Å². The van der Waals surface area contributed by atoms with Crippen LogP contribution < -0.4 is 4.74 Å². The van der Waals surface area contributed by atoms with E-state index in [-0.39, 0.29) is 6.10 Å². The van der Waals surface area contributed by atoms with Gasteiger partial charge in [0.2, 0.25) is 0 Å². The molecule has 2 aromatic carbocycles. The first-order valence-corrected chi connectivity index (χ1v) is 10.1. The summed E-state index contributed by atoms with van der Waals surface area (Å²) < 4.78 is 6.05. The van der Waals surface area contributed by atoms with Gasteiger partial charge in [0, 0.05) is 23.6 Å². The Kier molecular flexibility index (Phi) is 7.63. The fourth-order valence-electron chi connectivity index (χ4n) is 3.31. The van der Waals surface area contributed by atoms with Crippen LogP contribution in [0.1, 0.15) is 49.3 Å². The van der Waals surface area contributed by atoms with Crippen LogP contribution in [0.5, 0.6) is 5.75 Å². The molecule has 1 radical (unpaired) electrons. The number of benzene rings is 2. The fraction of sp³-hybridized carbons (Fsp3) is 0.375. The van der Waals surface area contributed by atoms with Crippen LogP contribution in [0.2, 0.25) is 5.02 Å². The van der Waals surface area contributed by atoms with Crippen molar-refractivity contribution in [1.29, 1.82) is 0 Å². The van der Waals surface area contributed by atoms with Crippen molar-refractivity contribution in [2.24, 2.45) is 0 Å². The van der Waals surface area contributed by atoms with Gasteiger partial charge in [-0.15, -0.1) is 0 Å². The molecule has 1 heterocycles. The summed E-state index contributed by atoms with van der Waals surface area (Å²) in [6.07, 6.45) is 5.56. The molecule has 0 aliphatic carbocycles. The van der Waals surface area contributed by atoms with Gasteiger partial charge in [-0.2, -0.15) is 0 Å². The smallest absolute Gasteiger partial charge is 0.124 e. The van der Waals surface area contributed by atoms with Gasteiger partial charge in [-0.3, -0.25) is 0 Å². The van der Waals surface area contributed by atoms with Crippen LogP contribution >= 0.6 is 11.6 Å². The van der Waals surface area contributed by atoms with Gasteiger partial charge >= 0.3 is 0 Å². The predicted molar refractivity (Wildman–Crippen MR) is 113 cm³/mol. The van der Waals surface area contributed by atoms with E-state index in [0.717, 1.165) is 29.8 Å². The van der Waals surface area contributed by atoms with Crippen LogP contribution in [0.15, 0.2) is 48.5 Å². The monoisotopic (exact) mass is 380 g/mol. The number of hydrogen-bond acceptors (Lipinski definition) is 2. The van der Waals surface area contributed by atoms with Crippen molar-refractivity contribution in [3.63, 3.8) is 0 Å². The minimum Gasteiger partial charge on any atom is -0.486 e. The Bertz CT molecular complexity index is 752. The molecule has 1 aliphatic heterocycles. The SMILES string of the molecule is [CH2]CC(Oc1ccc(Cl)cc1)c1ccc(C#CCCN2CCCCC2)cc1. The number of hydrogen-bond donors (Lipinski definition) is 0. The Morgan fingerprint density at radius 3 is 2.37 bits per heavy atom. The summed E-state index contributed by atoms with van der Waals surface area (Å²) in [5, 5.41) is 0.705. The molecule has 0 spiro atoms. The molecule has 2 nitrogen and oxygen atoms in total. The maximum Gasteiger partial charge on any atom is 0.124 e. The van der Waals surface area contributed by atoms with Crippen LogP contribution in [-0.4, -0.2) is 24.5 Å². The number of ether oxygens (including phenoxy) is 1. The van der Waals surface area contributed by atoms with E-state index in [1.165, 1.54) is 32.4 Å². The van der Waals surface area contributed by atoms with E-state index in [2.05, 4.69) is 47.9 Å². The molecule has 1 unspecified atom stereocenters. The molecule has 0 amide bonds. The normalized spacial score (nSPS) is 15.6. The van der Waals surface area contributed by atoms with E-state index >= 15 is 0 Å². The van der Waals surface area contributed by atoms with E-state index in [0.29, 0.717) is 11.4 Å². The van der Waals surface area contributed by atoms with E-state index in [4.69, 9.17) is 16.3 Å². The average Bonchev–Trinajstić information content (AvgIpc) is 2.72. The molecule has 0 aromatic heterocycles. The minimum atomic E-state index is -0.0766. The Labute approximate surface area is 168 Å². The first-order valence-electron chi connectivity index (χ1n) is 9.77. The van der Waals surface area contributed by atoms with Crippen molar-refractivity contribution in [3.05, 3.63) is 71.6 Å². The second-order valence-electron chi connectivity index (χ2n) is 6.93. The van der Waals surface area contributed by atoms with Crippen LogP contribution in [-0.2, 0) is 0 Å². The maximum absolute atomic E-state index is 6.05. The average molecular weight is 381 g/mol. The third-order valence-corrected chi connectivity index (χ3v) is 5.12. The summed E-state index contributed by atoms with van der Waals surface area (Å²) in [6, 6.07) is 15.7. The molecule has 3 heteroatoms. The third kappa shape index (κ3) is 6.31. The predicted octanol–water partition coefficient (Wildman–Crippen LogP) is 5.91. The summed E-state index contributed by atoms with van der Waals surface area (Å²) in [6.45, 7) is 7.57. The lowest BCUT2D eigenvalue weighted by atomic mass is 10.0. The van der Waals surface area contributed by atoms with Crippen molar-refractivity contribution in [3.8, 4) is 17.6 Å². The first kappa shape index (κ1) is 19.8. The summed E-state index contributed by atoms with van der Waals surface area (Å²) in [7, 11) is 0. The lowest BCUT2D eigenvalue weighted by molar-refractivity contribution is 0.208. The molecule has 2 aromatic rings. The molecule has 141 valence electrons. The summed E-state index contributed by atoms with van der Waals surface area (Å²) >= 11 is 5.93. The number of halogens is 1. The van der Waals surface area contributed by atoms with Gasteiger partial charge in [0.1, 0.15) is 11.9 Å². The topological polar surface area (TPSA) is 12.5 Å². The highest BCUT2D eigenvalue weighted by atomic mass is 35.5. The van der Waals surface area contributed by atoms with Gasteiger partial charge in [-0.25, -0.2) is 0 Å². The zero-order chi connectivity index (χ0) is 18.9. The van der Waals surface area contributed by atoms with Gasteiger partial charge in [0.15, 0.2) is 0 Å². The second-order valence-corrected chi connectivity index (χ2v) is 7.36. The molecular formula is C24H27ClNO. The molecule has 1 atom stereocenters. The molecule has 27 heavy (non-hydrogen) atoms. The fourth-order valence-corrected chi connectivity index (χ4v) is 3.44. The second kappa shape index (κ2) is 10.4. The molecule has 1 aliphatic rings. The molecule has 3 rings (SSSR count). The Hall–Kier alpha value is -1.95. The molecular weight excluding hydrogens is 354 g/mol. The zero-order valence-electron chi connectivity index (χ0n) is 15.8. The highest BCUT2D eigenvalue weighted by molar-refractivity contribution is 6.30. The van der Waals surface area contributed by atoms with E-state index in [9.17, 15) is 0 Å². The Balaban J connectivity index is 1.53. The van der Waals surface area contributed by atoms with Gasteiger partial charge in [-0.1, -0.05) is 42.0 Å². The van der Waals surface area contributed by atoms with E-state index in [1.54, 1.807) is 0 Å². The molecule has 0 bridgehead atoms. The van der Waals surface area contributed by atoms with Crippen LogP contribution in [0.4, 0.5) is 0 Å². The first-order chi connectivity index (χ1) is 13.2. The summed E-state index contributed by atoms with van der Waals surface area (Å²) in [4.78, 5) is 2.52. The zero-order valence-corrected chi connectivity index (χ0v) is 16.5. The quantitative estimate of drug-likeness (QED) is 0.577. The van der Waals surface area contributed by atoms with E-state index < -0.39 is 0 Å². The van der Waals surface area contributed by atoms with Crippen molar-refractivity contribution in [2.75, 3.05) is 19.6 Å². The van der Waals surface area contributed by atoms with Crippen LogP contribution in [0.3, 0.4) is 0 Å². The Morgan fingerprint density at radius 1 is 1.00 bits per heavy atom.